The van der Waals surface area contributed by atoms with E-state index in [0.29, 0.717) is 36.7 Å². The molecule has 0 atom stereocenters. The number of para-hydroxylation sites is 3. The molecule has 0 unspecified atom stereocenters. The third-order valence-electron chi connectivity index (χ3n) is 4.41. The first kappa shape index (κ1) is 20.3. The Bertz CT molecular complexity index is 997. The van der Waals surface area contributed by atoms with E-state index in [9.17, 15) is 9.59 Å². The molecule has 152 valence electrons. The average molecular weight is 395 g/mol. The van der Waals surface area contributed by atoms with Crippen molar-refractivity contribution in [2.75, 3.05) is 13.2 Å². The van der Waals surface area contributed by atoms with Crippen LogP contribution in [0.2, 0.25) is 0 Å². The van der Waals surface area contributed by atoms with Crippen LogP contribution >= 0.6 is 0 Å². The minimum absolute atomic E-state index is 0.229. The monoisotopic (exact) mass is 395 g/mol. The molecule has 3 rings (SSSR count). The van der Waals surface area contributed by atoms with Gasteiger partial charge in [0, 0.05) is 30.6 Å². The number of aromatic nitrogens is 1. The van der Waals surface area contributed by atoms with Crippen LogP contribution in [0, 0.1) is 0 Å². The lowest BCUT2D eigenvalue weighted by Gasteiger charge is -2.11. The molecular formula is C22H25N3O4. The van der Waals surface area contributed by atoms with E-state index in [1.807, 2.05) is 67.1 Å². The minimum Gasteiger partial charge on any atom is -0.490 e. The first-order valence-electron chi connectivity index (χ1n) is 9.58. The zero-order valence-corrected chi connectivity index (χ0v) is 16.6. The standard InChI is InChI=1S/C22H25N3O4/c1-3-28-19-11-6-7-12-20(19)29-14-8-13-21(26)23-24-22(27)17-15-25(2)18-10-5-4-9-16(17)18/h4-7,9-12,15H,3,8,13-14H2,1-2H3,(H,23,26)(H,24,27). The second kappa shape index (κ2) is 9.64. The van der Waals surface area contributed by atoms with Gasteiger partial charge in [-0.1, -0.05) is 30.3 Å². The summed E-state index contributed by atoms with van der Waals surface area (Å²) < 4.78 is 13.1. The number of fused-ring (bicyclic) bond motifs is 1. The summed E-state index contributed by atoms with van der Waals surface area (Å²) >= 11 is 0. The fourth-order valence-electron chi connectivity index (χ4n) is 3.04. The van der Waals surface area contributed by atoms with Gasteiger partial charge >= 0.3 is 0 Å². The molecule has 0 spiro atoms. The Balaban J connectivity index is 1.44. The van der Waals surface area contributed by atoms with Gasteiger partial charge in [0.2, 0.25) is 5.91 Å². The van der Waals surface area contributed by atoms with Crippen LogP contribution in [0.1, 0.15) is 30.1 Å². The number of carbonyl (C=O) groups excluding carboxylic acids is 2. The van der Waals surface area contributed by atoms with Crippen LogP contribution in [0.15, 0.2) is 54.7 Å². The number of aryl methyl sites for hydroxylation is 1. The Kier molecular flexibility index (Phi) is 6.73. The molecule has 0 fully saturated rings. The van der Waals surface area contributed by atoms with Gasteiger partial charge in [0.1, 0.15) is 0 Å². The van der Waals surface area contributed by atoms with Gasteiger partial charge in [-0.25, -0.2) is 0 Å². The molecule has 0 saturated carbocycles. The molecule has 3 aromatic rings. The summed E-state index contributed by atoms with van der Waals surface area (Å²) in [6, 6.07) is 15.0. The number of hydrogen-bond acceptors (Lipinski definition) is 4. The number of ether oxygens (including phenoxy) is 2. The zero-order chi connectivity index (χ0) is 20.6. The van der Waals surface area contributed by atoms with Crippen molar-refractivity contribution in [1.29, 1.82) is 0 Å². The number of carbonyl (C=O) groups is 2. The molecule has 7 nitrogen and oxygen atoms in total. The Morgan fingerprint density at radius 1 is 0.966 bits per heavy atom. The number of nitrogens with zero attached hydrogens (tertiary/aromatic N) is 1. The molecule has 0 radical (unpaired) electrons. The molecular weight excluding hydrogens is 370 g/mol. The predicted octanol–water partition coefficient (Wildman–Crippen LogP) is 3.20. The molecule has 0 aliphatic carbocycles. The maximum Gasteiger partial charge on any atom is 0.271 e. The van der Waals surface area contributed by atoms with Gasteiger partial charge < -0.3 is 14.0 Å². The van der Waals surface area contributed by atoms with Crippen LogP contribution in [0.25, 0.3) is 10.9 Å². The van der Waals surface area contributed by atoms with Gasteiger partial charge in [-0.15, -0.1) is 0 Å². The highest BCUT2D eigenvalue weighted by Gasteiger charge is 2.14. The fraction of sp³-hybridized carbons (Fsp3) is 0.273. The summed E-state index contributed by atoms with van der Waals surface area (Å²) in [4.78, 5) is 24.4. The van der Waals surface area contributed by atoms with Crippen LogP contribution in [0.4, 0.5) is 0 Å². The summed E-state index contributed by atoms with van der Waals surface area (Å²) in [5.74, 6) is 0.707. The van der Waals surface area contributed by atoms with Crippen molar-refractivity contribution in [1.82, 2.24) is 15.4 Å². The van der Waals surface area contributed by atoms with E-state index in [1.54, 1.807) is 6.20 Å². The highest BCUT2D eigenvalue weighted by Crippen LogP contribution is 2.26. The molecule has 2 aromatic carbocycles. The highest BCUT2D eigenvalue weighted by atomic mass is 16.5. The summed E-state index contributed by atoms with van der Waals surface area (Å²) in [5, 5.41) is 0.836. The number of amides is 2. The normalized spacial score (nSPS) is 10.6. The quantitative estimate of drug-likeness (QED) is 0.453. The summed E-state index contributed by atoms with van der Waals surface area (Å²) in [5.41, 5.74) is 6.40. The molecule has 0 bridgehead atoms. The van der Waals surface area contributed by atoms with Gasteiger partial charge in [0.05, 0.1) is 18.8 Å². The summed E-state index contributed by atoms with van der Waals surface area (Å²) in [7, 11) is 1.88. The van der Waals surface area contributed by atoms with E-state index in [2.05, 4.69) is 10.9 Å². The van der Waals surface area contributed by atoms with Crippen molar-refractivity contribution in [3.8, 4) is 11.5 Å². The number of benzene rings is 2. The van der Waals surface area contributed by atoms with Crippen molar-refractivity contribution < 1.29 is 19.1 Å². The Morgan fingerprint density at radius 3 is 2.41 bits per heavy atom. The first-order valence-corrected chi connectivity index (χ1v) is 9.58. The van der Waals surface area contributed by atoms with Crippen LogP contribution in [-0.2, 0) is 11.8 Å². The van der Waals surface area contributed by atoms with E-state index in [4.69, 9.17) is 9.47 Å². The van der Waals surface area contributed by atoms with Crippen LogP contribution in [0.3, 0.4) is 0 Å². The van der Waals surface area contributed by atoms with E-state index in [1.165, 1.54) is 0 Å². The van der Waals surface area contributed by atoms with Crippen molar-refractivity contribution in [2.24, 2.45) is 7.05 Å². The Hall–Kier alpha value is -3.48. The van der Waals surface area contributed by atoms with Gasteiger partial charge in [-0.3, -0.25) is 20.4 Å². The SMILES string of the molecule is CCOc1ccccc1OCCCC(=O)NNC(=O)c1cn(C)c2ccccc12. The van der Waals surface area contributed by atoms with Crippen LogP contribution < -0.4 is 20.3 Å². The number of rotatable bonds is 8. The predicted molar refractivity (Wildman–Crippen MR) is 111 cm³/mol. The lowest BCUT2D eigenvalue weighted by molar-refractivity contribution is -0.122. The van der Waals surface area contributed by atoms with E-state index >= 15 is 0 Å². The highest BCUT2D eigenvalue weighted by molar-refractivity contribution is 6.07. The van der Waals surface area contributed by atoms with Crippen LogP contribution in [0.5, 0.6) is 11.5 Å². The number of hydrogen-bond donors (Lipinski definition) is 2. The molecule has 0 saturated heterocycles. The fourth-order valence-corrected chi connectivity index (χ4v) is 3.04. The molecule has 7 heteroatoms. The van der Waals surface area contributed by atoms with Gasteiger partial charge in [0.25, 0.3) is 5.91 Å². The minimum atomic E-state index is -0.350. The smallest absolute Gasteiger partial charge is 0.271 e. The zero-order valence-electron chi connectivity index (χ0n) is 16.6. The van der Waals surface area contributed by atoms with Gasteiger partial charge in [0.15, 0.2) is 11.5 Å². The molecule has 0 aliphatic heterocycles. The van der Waals surface area contributed by atoms with Gasteiger partial charge in [-0.2, -0.15) is 0 Å². The van der Waals surface area contributed by atoms with E-state index < -0.39 is 0 Å². The molecule has 2 N–H and O–H groups in total. The van der Waals surface area contributed by atoms with Crippen LogP contribution in [-0.4, -0.2) is 29.6 Å². The van der Waals surface area contributed by atoms with Crippen molar-refractivity contribution in [2.45, 2.75) is 19.8 Å². The topological polar surface area (TPSA) is 81.6 Å². The van der Waals surface area contributed by atoms with Crippen molar-refractivity contribution in [3.63, 3.8) is 0 Å². The molecule has 2 amide bonds. The third kappa shape index (κ3) is 5.07. The summed E-state index contributed by atoms with van der Waals surface area (Å²) in [6.07, 6.45) is 2.48. The summed E-state index contributed by atoms with van der Waals surface area (Å²) in [6.45, 7) is 2.83. The second-order valence-electron chi connectivity index (χ2n) is 6.50. The Labute approximate surface area is 169 Å². The van der Waals surface area contributed by atoms with Crippen molar-refractivity contribution in [3.05, 3.63) is 60.3 Å². The maximum atomic E-state index is 12.4. The number of nitrogens with one attached hydrogen (secondary N) is 2. The maximum absolute atomic E-state index is 12.4. The molecule has 1 heterocycles. The first-order chi connectivity index (χ1) is 14.1. The average Bonchev–Trinajstić information content (AvgIpc) is 3.08. The molecule has 29 heavy (non-hydrogen) atoms. The van der Waals surface area contributed by atoms with E-state index in [0.717, 1.165) is 10.9 Å². The lowest BCUT2D eigenvalue weighted by Crippen LogP contribution is -2.41. The number of hydrazine groups is 1. The third-order valence-corrected chi connectivity index (χ3v) is 4.41. The molecule has 0 aliphatic rings. The largest absolute Gasteiger partial charge is 0.490 e. The van der Waals surface area contributed by atoms with Gasteiger partial charge in [-0.05, 0) is 31.5 Å². The lowest BCUT2D eigenvalue weighted by atomic mass is 10.2. The van der Waals surface area contributed by atoms with E-state index in [-0.39, 0.29) is 18.2 Å². The second-order valence-corrected chi connectivity index (χ2v) is 6.50. The van der Waals surface area contributed by atoms with Crippen molar-refractivity contribution >= 4 is 22.7 Å². The Morgan fingerprint density at radius 2 is 1.66 bits per heavy atom. The molecule has 1 aromatic heterocycles.